The van der Waals surface area contributed by atoms with E-state index in [0.717, 1.165) is 5.69 Å². The molecule has 0 heterocycles. The van der Waals surface area contributed by atoms with Crippen molar-refractivity contribution in [2.75, 3.05) is 25.0 Å². The number of rotatable bonds is 8. The summed E-state index contributed by atoms with van der Waals surface area (Å²) in [4.78, 5) is 13.1. The standard InChI is InChI=1S/C18H26N2O3/c1-5-6-11-20(14(2)3)12-17(22)13-23-18-9-7-16(8-10-18)19-15(4)21/h7-10,14,17,22H,11-13H2,1-4H3,(H,19,21). The molecule has 1 aromatic rings. The Morgan fingerprint density at radius 2 is 2.00 bits per heavy atom. The van der Waals surface area contributed by atoms with Crippen molar-refractivity contribution >= 4 is 11.6 Å². The fraction of sp³-hybridized carbons (Fsp3) is 0.500. The first-order chi connectivity index (χ1) is 10.9. The Labute approximate surface area is 138 Å². The van der Waals surface area contributed by atoms with Crippen LogP contribution in [0.3, 0.4) is 0 Å². The Hall–Kier alpha value is -2.03. The number of carbonyl (C=O) groups excluding carboxylic acids is 1. The highest BCUT2D eigenvalue weighted by Crippen LogP contribution is 2.16. The molecular formula is C18H26N2O3. The number of aliphatic hydroxyl groups is 1. The molecule has 5 heteroatoms. The number of carbonyl (C=O) groups is 1. The Kier molecular flexibility index (Phi) is 8.17. The lowest BCUT2D eigenvalue weighted by atomic mass is 10.2. The number of amides is 1. The smallest absolute Gasteiger partial charge is 0.221 e. The van der Waals surface area contributed by atoms with Gasteiger partial charge in [0, 0.05) is 25.2 Å². The van der Waals surface area contributed by atoms with Gasteiger partial charge in [0.15, 0.2) is 0 Å². The zero-order valence-electron chi connectivity index (χ0n) is 14.3. The third-order valence-electron chi connectivity index (χ3n) is 3.25. The van der Waals surface area contributed by atoms with Crippen LogP contribution in [0.4, 0.5) is 5.69 Å². The first kappa shape index (κ1) is 19.0. The summed E-state index contributed by atoms with van der Waals surface area (Å²) in [7, 11) is 0. The minimum absolute atomic E-state index is 0.113. The highest BCUT2D eigenvalue weighted by Gasteiger charge is 2.14. The molecule has 126 valence electrons. The molecule has 0 aromatic heterocycles. The highest BCUT2D eigenvalue weighted by molar-refractivity contribution is 5.88. The molecule has 0 aliphatic rings. The van der Waals surface area contributed by atoms with Crippen molar-refractivity contribution in [1.82, 2.24) is 4.90 Å². The second-order valence-electron chi connectivity index (χ2n) is 5.62. The molecule has 0 bridgehead atoms. The average molecular weight is 318 g/mol. The van der Waals surface area contributed by atoms with Gasteiger partial charge in [-0.2, -0.15) is 0 Å². The summed E-state index contributed by atoms with van der Waals surface area (Å²) in [5.74, 6) is 6.43. The minimum atomic E-state index is -0.592. The SMILES string of the molecule is CC#CCN(CC(O)COc1ccc(NC(C)=O)cc1)C(C)C. The molecule has 0 saturated heterocycles. The predicted octanol–water partition coefficient (Wildman–Crippen LogP) is 2.12. The third kappa shape index (κ3) is 7.68. The molecule has 0 radical (unpaired) electrons. The van der Waals surface area contributed by atoms with Gasteiger partial charge in [0.1, 0.15) is 18.5 Å². The van der Waals surface area contributed by atoms with Crippen molar-refractivity contribution in [3.8, 4) is 17.6 Å². The lowest BCUT2D eigenvalue weighted by Crippen LogP contribution is -2.40. The van der Waals surface area contributed by atoms with Gasteiger partial charge in [-0.3, -0.25) is 9.69 Å². The predicted molar refractivity (Wildman–Crippen MR) is 92.4 cm³/mol. The lowest BCUT2D eigenvalue weighted by molar-refractivity contribution is -0.114. The Morgan fingerprint density at radius 3 is 2.52 bits per heavy atom. The second-order valence-corrected chi connectivity index (χ2v) is 5.62. The van der Waals surface area contributed by atoms with Crippen molar-refractivity contribution in [3.63, 3.8) is 0 Å². The van der Waals surface area contributed by atoms with Crippen LogP contribution in [0, 0.1) is 11.8 Å². The molecule has 0 fully saturated rings. The first-order valence-electron chi connectivity index (χ1n) is 7.74. The number of anilines is 1. The van der Waals surface area contributed by atoms with Crippen molar-refractivity contribution in [1.29, 1.82) is 0 Å². The zero-order valence-corrected chi connectivity index (χ0v) is 14.3. The summed E-state index contributed by atoms with van der Waals surface area (Å²) in [5, 5.41) is 12.8. The maximum Gasteiger partial charge on any atom is 0.221 e. The topological polar surface area (TPSA) is 61.8 Å². The fourth-order valence-corrected chi connectivity index (χ4v) is 1.99. The van der Waals surface area contributed by atoms with Crippen molar-refractivity contribution in [2.45, 2.75) is 39.8 Å². The molecular weight excluding hydrogens is 292 g/mol. The van der Waals surface area contributed by atoms with Crippen LogP contribution in [-0.4, -0.2) is 47.8 Å². The van der Waals surface area contributed by atoms with Gasteiger partial charge in [0.25, 0.3) is 0 Å². The van der Waals surface area contributed by atoms with Crippen molar-refractivity contribution in [3.05, 3.63) is 24.3 Å². The number of aliphatic hydroxyl groups excluding tert-OH is 1. The van der Waals surface area contributed by atoms with Crippen LogP contribution >= 0.6 is 0 Å². The molecule has 1 atom stereocenters. The van der Waals surface area contributed by atoms with Crippen molar-refractivity contribution < 1.29 is 14.6 Å². The van der Waals surface area contributed by atoms with Gasteiger partial charge in [0.05, 0.1) is 6.54 Å². The van der Waals surface area contributed by atoms with E-state index in [1.807, 2.05) is 6.92 Å². The molecule has 0 aliphatic carbocycles. The molecule has 23 heavy (non-hydrogen) atoms. The normalized spacial score (nSPS) is 11.8. The molecule has 0 saturated carbocycles. The maximum atomic E-state index is 11.0. The zero-order chi connectivity index (χ0) is 17.2. The molecule has 2 N–H and O–H groups in total. The van der Waals surface area contributed by atoms with Gasteiger partial charge in [-0.05, 0) is 45.0 Å². The third-order valence-corrected chi connectivity index (χ3v) is 3.25. The van der Waals surface area contributed by atoms with Gasteiger partial charge in [-0.15, -0.1) is 5.92 Å². The van der Waals surface area contributed by atoms with E-state index in [1.165, 1.54) is 6.92 Å². The molecule has 0 aliphatic heterocycles. The lowest BCUT2D eigenvalue weighted by Gasteiger charge is -2.26. The Balaban J connectivity index is 2.46. The van der Waals surface area contributed by atoms with E-state index < -0.39 is 6.10 Å². The molecule has 1 amide bonds. The van der Waals surface area contributed by atoms with Gasteiger partial charge in [0.2, 0.25) is 5.91 Å². The van der Waals surface area contributed by atoms with Crippen molar-refractivity contribution in [2.24, 2.45) is 0 Å². The quantitative estimate of drug-likeness (QED) is 0.721. The van der Waals surface area contributed by atoms with Crippen LogP contribution in [0.1, 0.15) is 27.7 Å². The Bertz CT molecular complexity index is 544. The summed E-state index contributed by atoms with van der Waals surface area (Å²) in [6, 6.07) is 7.37. The van der Waals surface area contributed by atoms with Gasteiger partial charge < -0.3 is 15.2 Å². The van der Waals surface area contributed by atoms with E-state index in [-0.39, 0.29) is 12.5 Å². The van der Waals surface area contributed by atoms with Crippen LogP contribution in [0.25, 0.3) is 0 Å². The van der Waals surface area contributed by atoms with Crippen LogP contribution in [0.5, 0.6) is 5.75 Å². The molecule has 1 unspecified atom stereocenters. The molecule has 1 rings (SSSR count). The van der Waals surface area contributed by atoms with Gasteiger partial charge >= 0.3 is 0 Å². The van der Waals surface area contributed by atoms with Crippen LogP contribution in [0.15, 0.2) is 24.3 Å². The largest absolute Gasteiger partial charge is 0.491 e. The number of nitrogens with one attached hydrogen (secondary N) is 1. The first-order valence-corrected chi connectivity index (χ1v) is 7.74. The molecule has 5 nitrogen and oxygen atoms in total. The summed E-state index contributed by atoms with van der Waals surface area (Å²) in [6.07, 6.45) is -0.592. The fourth-order valence-electron chi connectivity index (χ4n) is 1.99. The summed E-state index contributed by atoms with van der Waals surface area (Å²) in [5.41, 5.74) is 0.717. The number of ether oxygens (including phenoxy) is 1. The molecule has 0 spiro atoms. The average Bonchev–Trinajstić information content (AvgIpc) is 2.50. The van der Waals surface area contributed by atoms with Gasteiger partial charge in [-0.25, -0.2) is 0 Å². The van der Waals surface area contributed by atoms with Crippen LogP contribution < -0.4 is 10.1 Å². The Morgan fingerprint density at radius 1 is 1.35 bits per heavy atom. The van der Waals surface area contributed by atoms with E-state index in [4.69, 9.17) is 4.74 Å². The van der Waals surface area contributed by atoms with Crippen LogP contribution in [-0.2, 0) is 4.79 Å². The van der Waals surface area contributed by atoms with E-state index in [2.05, 4.69) is 35.9 Å². The van der Waals surface area contributed by atoms with E-state index >= 15 is 0 Å². The maximum absolute atomic E-state index is 11.0. The summed E-state index contributed by atoms with van der Waals surface area (Å²) < 4.78 is 5.59. The highest BCUT2D eigenvalue weighted by atomic mass is 16.5. The van der Waals surface area contributed by atoms with E-state index in [9.17, 15) is 9.90 Å². The van der Waals surface area contributed by atoms with Gasteiger partial charge in [-0.1, -0.05) is 5.92 Å². The van der Waals surface area contributed by atoms with Crippen LogP contribution in [0.2, 0.25) is 0 Å². The second kappa shape index (κ2) is 9.88. The monoisotopic (exact) mass is 318 g/mol. The number of hydrogen-bond acceptors (Lipinski definition) is 4. The summed E-state index contributed by atoms with van der Waals surface area (Å²) in [6.45, 7) is 8.78. The van der Waals surface area contributed by atoms with E-state index in [0.29, 0.717) is 24.9 Å². The number of hydrogen-bond donors (Lipinski definition) is 2. The molecule has 1 aromatic carbocycles. The number of benzene rings is 1. The van der Waals surface area contributed by atoms with E-state index in [1.54, 1.807) is 24.3 Å². The minimum Gasteiger partial charge on any atom is -0.491 e. The number of nitrogens with zero attached hydrogens (tertiary/aromatic N) is 1. The summed E-state index contributed by atoms with van der Waals surface area (Å²) >= 11 is 0.